The van der Waals surface area contributed by atoms with Crippen LogP contribution in [0.4, 0.5) is 4.39 Å². The summed E-state index contributed by atoms with van der Waals surface area (Å²) in [5.41, 5.74) is 0.649. The van der Waals surface area contributed by atoms with Gasteiger partial charge in [-0.3, -0.25) is 0 Å². The first kappa shape index (κ1) is 16.4. The summed E-state index contributed by atoms with van der Waals surface area (Å²) in [5.74, 6) is -0.370. The number of likely N-dealkylation sites (N-methyl/N-ethyl adjacent to an activating group) is 1. The van der Waals surface area contributed by atoms with Gasteiger partial charge in [-0.1, -0.05) is 31.5 Å². The van der Waals surface area contributed by atoms with Crippen molar-refractivity contribution in [3.8, 4) is 0 Å². The molecule has 0 fully saturated rings. The molecule has 0 bridgehead atoms. The van der Waals surface area contributed by atoms with Gasteiger partial charge in [0.1, 0.15) is 5.82 Å². The fourth-order valence-electron chi connectivity index (χ4n) is 2.19. The van der Waals surface area contributed by atoms with E-state index < -0.39 is 0 Å². The van der Waals surface area contributed by atoms with E-state index in [1.165, 1.54) is 6.07 Å². The molecule has 108 valence electrons. The van der Waals surface area contributed by atoms with E-state index >= 15 is 0 Å². The number of ether oxygens (including phenoxy) is 1. The first-order chi connectivity index (χ1) is 8.96. The van der Waals surface area contributed by atoms with Crippen LogP contribution in [0.5, 0.6) is 0 Å². The molecule has 0 heterocycles. The summed E-state index contributed by atoms with van der Waals surface area (Å²) in [6, 6.07) is 5.10. The highest BCUT2D eigenvalue weighted by atomic mass is 35.5. The lowest BCUT2D eigenvalue weighted by Crippen LogP contribution is -2.51. The van der Waals surface area contributed by atoms with Crippen molar-refractivity contribution < 1.29 is 9.13 Å². The largest absolute Gasteiger partial charge is 0.377 e. The van der Waals surface area contributed by atoms with Crippen molar-refractivity contribution in [3.63, 3.8) is 0 Å². The van der Waals surface area contributed by atoms with E-state index in [1.54, 1.807) is 13.2 Å². The number of benzene rings is 1. The summed E-state index contributed by atoms with van der Waals surface area (Å²) in [5, 5.41) is 3.59. The summed E-state index contributed by atoms with van der Waals surface area (Å²) in [6.45, 7) is 7.07. The van der Waals surface area contributed by atoms with Crippen molar-refractivity contribution in [1.29, 1.82) is 0 Å². The van der Waals surface area contributed by atoms with Crippen molar-refractivity contribution in [2.75, 3.05) is 13.7 Å². The third-order valence-electron chi connectivity index (χ3n) is 3.78. The molecule has 1 aromatic rings. The summed E-state index contributed by atoms with van der Waals surface area (Å²) < 4.78 is 19.1. The van der Waals surface area contributed by atoms with Gasteiger partial charge in [0.05, 0.1) is 10.6 Å². The van der Waals surface area contributed by atoms with Gasteiger partial charge in [-0.15, -0.1) is 0 Å². The Labute approximate surface area is 120 Å². The maximum Gasteiger partial charge on any atom is 0.142 e. The SMILES string of the molecule is CCNC(Cc1ccc(Cl)c(F)c1)C(C)(CC)OC. The standard InChI is InChI=1S/C15H23ClFNO/c1-5-15(3,19-4)14(18-6-2)10-11-7-8-12(16)13(17)9-11/h7-9,14,18H,5-6,10H2,1-4H3. The lowest BCUT2D eigenvalue weighted by Gasteiger charge is -2.36. The second-order valence-corrected chi connectivity index (χ2v) is 5.34. The molecule has 0 aromatic heterocycles. The molecule has 0 aliphatic carbocycles. The average molecular weight is 288 g/mol. The highest BCUT2D eigenvalue weighted by Crippen LogP contribution is 2.24. The lowest BCUT2D eigenvalue weighted by molar-refractivity contribution is -0.0283. The maximum atomic E-state index is 13.5. The first-order valence-electron chi connectivity index (χ1n) is 6.69. The fraction of sp³-hybridized carbons (Fsp3) is 0.600. The summed E-state index contributed by atoms with van der Waals surface area (Å²) in [7, 11) is 1.72. The highest BCUT2D eigenvalue weighted by Gasteiger charge is 2.32. The van der Waals surface area contributed by atoms with Crippen molar-refractivity contribution in [2.45, 2.75) is 45.3 Å². The second-order valence-electron chi connectivity index (χ2n) is 4.93. The molecule has 0 radical (unpaired) electrons. The Bertz CT molecular complexity index is 407. The molecule has 0 saturated carbocycles. The first-order valence-corrected chi connectivity index (χ1v) is 7.07. The van der Waals surface area contributed by atoms with E-state index in [0.717, 1.165) is 18.5 Å². The molecule has 0 amide bonds. The quantitative estimate of drug-likeness (QED) is 0.823. The van der Waals surface area contributed by atoms with Crippen LogP contribution in [-0.4, -0.2) is 25.3 Å². The fourth-order valence-corrected chi connectivity index (χ4v) is 2.30. The topological polar surface area (TPSA) is 21.3 Å². The Morgan fingerprint density at radius 1 is 1.42 bits per heavy atom. The molecule has 0 aliphatic heterocycles. The van der Waals surface area contributed by atoms with Crippen LogP contribution < -0.4 is 5.32 Å². The molecule has 4 heteroatoms. The van der Waals surface area contributed by atoms with Crippen LogP contribution >= 0.6 is 11.6 Å². The van der Waals surface area contributed by atoms with Crippen molar-refractivity contribution in [1.82, 2.24) is 5.32 Å². The van der Waals surface area contributed by atoms with Crippen molar-refractivity contribution in [3.05, 3.63) is 34.6 Å². The molecule has 0 aliphatic rings. The van der Waals surface area contributed by atoms with Gasteiger partial charge < -0.3 is 10.1 Å². The molecule has 2 atom stereocenters. The van der Waals surface area contributed by atoms with Gasteiger partial charge in [0.15, 0.2) is 0 Å². The second kappa shape index (κ2) is 7.22. The maximum absolute atomic E-state index is 13.5. The Morgan fingerprint density at radius 3 is 2.58 bits per heavy atom. The van der Waals surface area contributed by atoms with Gasteiger partial charge in [0, 0.05) is 13.2 Å². The minimum Gasteiger partial charge on any atom is -0.377 e. The number of hydrogen-bond donors (Lipinski definition) is 1. The predicted octanol–water partition coefficient (Wildman–Crippen LogP) is 3.81. The Kier molecular flexibility index (Phi) is 6.24. The highest BCUT2D eigenvalue weighted by molar-refractivity contribution is 6.30. The van der Waals surface area contributed by atoms with Gasteiger partial charge in [0.25, 0.3) is 0 Å². The summed E-state index contributed by atoms with van der Waals surface area (Å²) in [6.07, 6.45) is 1.59. The molecule has 1 rings (SSSR count). The van der Waals surface area contributed by atoms with Crippen LogP contribution in [0.25, 0.3) is 0 Å². The van der Waals surface area contributed by atoms with Crippen LogP contribution in [0, 0.1) is 5.82 Å². The zero-order valence-electron chi connectivity index (χ0n) is 12.1. The molecular formula is C15H23ClFNO. The predicted molar refractivity (Wildman–Crippen MR) is 78.3 cm³/mol. The van der Waals surface area contributed by atoms with Crippen LogP contribution in [0.1, 0.15) is 32.8 Å². The number of hydrogen-bond acceptors (Lipinski definition) is 2. The van der Waals surface area contributed by atoms with Crippen LogP contribution in [0.15, 0.2) is 18.2 Å². The monoisotopic (exact) mass is 287 g/mol. The molecule has 2 unspecified atom stereocenters. The van der Waals surface area contributed by atoms with Crippen molar-refractivity contribution >= 4 is 11.6 Å². The molecule has 1 aromatic carbocycles. The third-order valence-corrected chi connectivity index (χ3v) is 4.09. The van der Waals surface area contributed by atoms with Gasteiger partial charge in [0.2, 0.25) is 0 Å². The average Bonchev–Trinajstić information content (AvgIpc) is 2.41. The molecule has 19 heavy (non-hydrogen) atoms. The van der Waals surface area contributed by atoms with E-state index in [0.29, 0.717) is 6.42 Å². The zero-order valence-corrected chi connectivity index (χ0v) is 12.9. The third kappa shape index (κ3) is 4.16. The van der Waals surface area contributed by atoms with Gasteiger partial charge in [-0.05, 0) is 44.0 Å². The van der Waals surface area contributed by atoms with Crippen LogP contribution in [0.2, 0.25) is 5.02 Å². The number of methoxy groups -OCH3 is 1. The van der Waals surface area contributed by atoms with Crippen LogP contribution in [-0.2, 0) is 11.2 Å². The van der Waals surface area contributed by atoms with Gasteiger partial charge >= 0.3 is 0 Å². The molecule has 1 N–H and O–H groups in total. The summed E-state index contributed by atoms with van der Waals surface area (Å²) >= 11 is 5.71. The van der Waals surface area contributed by atoms with Crippen molar-refractivity contribution in [2.24, 2.45) is 0 Å². The minimum absolute atomic E-state index is 0.132. The lowest BCUT2D eigenvalue weighted by atomic mass is 9.88. The molecule has 2 nitrogen and oxygen atoms in total. The number of nitrogens with one attached hydrogen (secondary N) is 1. The van der Waals surface area contributed by atoms with Gasteiger partial charge in [-0.2, -0.15) is 0 Å². The van der Waals surface area contributed by atoms with E-state index in [2.05, 4.69) is 26.1 Å². The molecule has 0 saturated heterocycles. The number of halogens is 2. The normalized spacial score (nSPS) is 16.1. The van der Waals surface area contributed by atoms with Crippen LogP contribution in [0.3, 0.4) is 0 Å². The van der Waals surface area contributed by atoms with E-state index in [9.17, 15) is 4.39 Å². The minimum atomic E-state index is -0.370. The van der Waals surface area contributed by atoms with E-state index in [1.807, 2.05) is 6.07 Å². The Hall–Kier alpha value is -0.640. The smallest absolute Gasteiger partial charge is 0.142 e. The molecule has 0 spiro atoms. The van der Waals surface area contributed by atoms with E-state index in [-0.39, 0.29) is 22.5 Å². The Balaban J connectivity index is 2.91. The molecular weight excluding hydrogens is 265 g/mol. The van der Waals surface area contributed by atoms with E-state index in [4.69, 9.17) is 16.3 Å². The summed E-state index contributed by atoms with van der Waals surface area (Å²) in [4.78, 5) is 0. The zero-order chi connectivity index (χ0) is 14.5. The number of rotatable bonds is 7. The Morgan fingerprint density at radius 2 is 2.11 bits per heavy atom. The van der Waals surface area contributed by atoms with Gasteiger partial charge in [-0.25, -0.2) is 4.39 Å².